The van der Waals surface area contributed by atoms with Crippen molar-refractivity contribution in [1.82, 2.24) is 5.32 Å². The summed E-state index contributed by atoms with van der Waals surface area (Å²) in [6.45, 7) is 1.94. The van der Waals surface area contributed by atoms with Gasteiger partial charge in [0.05, 0.1) is 12.7 Å². The average molecular weight is 261 g/mol. The minimum Gasteiger partial charge on any atom is -0.496 e. The molecule has 0 atom stereocenters. The Morgan fingerprint density at radius 2 is 2.00 bits per heavy atom. The van der Waals surface area contributed by atoms with Crippen molar-refractivity contribution < 1.29 is 14.3 Å². The summed E-state index contributed by atoms with van der Waals surface area (Å²) in [5.74, 6) is 0.744. The Labute approximate surface area is 113 Å². The number of benzene rings is 1. The highest BCUT2D eigenvalue weighted by Gasteiger charge is 2.22. The minimum atomic E-state index is -0.125. The Bertz CT molecular complexity index is 486. The number of Topliss-reactive ketones (excluding diaryl/α,β-unsaturated/α-hetero) is 1. The predicted octanol–water partition coefficient (Wildman–Crippen LogP) is 2.25. The molecular weight excluding hydrogens is 242 g/mol. The van der Waals surface area contributed by atoms with Gasteiger partial charge in [0.25, 0.3) is 5.91 Å². The van der Waals surface area contributed by atoms with Crippen molar-refractivity contribution in [3.63, 3.8) is 0 Å². The van der Waals surface area contributed by atoms with Crippen LogP contribution in [-0.4, -0.2) is 24.8 Å². The van der Waals surface area contributed by atoms with E-state index in [0.29, 0.717) is 29.9 Å². The van der Waals surface area contributed by atoms with Crippen LogP contribution in [0.15, 0.2) is 18.2 Å². The van der Waals surface area contributed by atoms with Gasteiger partial charge in [-0.2, -0.15) is 0 Å². The van der Waals surface area contributed by atoms with Crippen LogP contribution >= 0.6 is 0 Å². The molecule has 1 aliphatic rings. The standard InChI is InChI=1S/C15H19NO3/c1-10-3-8-14(19-2)13(9-10)15(18)16-11-4-6-12(17)7-5-11/h3,8-9,11H,4-7H2,1-2H3,(H,16,18). The fourth-order valence-corrected chi connectivity index (χ4v) is 2.35. The van der Waals surface area contributed by atoms with E-state index in [4.69, 9.17) is 4.74 Å². The first-order valence-corrected chi connectivity index (χ1v) is 6.57. The number of ketones is 1. The molecule has 1 saturated carbocycles. The minimum absolute atomic E-state index is 0.0930. The van der Waals surface area contributed by atoms with Crippen LogP contribution in [0.5, 0.6) is 5.75 Å². The van der Waals surface area contributed by atoms with Crippen LogP contribution in [0.25, 0.3) is 0 Å². The van der Waals surface area contributed by atoms with Crippen LogP contribution in [0.4, 0.5) is 0 Å². The lowest BCUT2D eigenvalue weighted by Gasteiger charge is -2.22. The van der Waals surface area contributed by atoms with Gasteiger partial charge < -0.3 is 10.1 Å². The summed E-state index contributed by atoms with van der Waals surface area (Å²) in [4.78, 5) is 23.4. The molecule has 0 unspecified atom stereocenters. The third-order valence-electron chi connectivity index (χ3n) is 3.48. The van der Waals surface area contributed by atoms with E-state index in [0.717, 1.165) is 18.4 Å². The van der Waals surface area contributed by atoms with E-state index in [-0.39, 0.29) is 11.9 Å². The Balaban J connectivity index is 2.07. The van der Waals surface area contributed by atoms with Crippen molar-refractivity contribution in [2.45, 2.75) is 38.6 Å². The van der Waals surface area contributed by atoms with Gasteiger partial charge in [0, 0.05) is 18.9 Å². The van der Waals surface area contributed by atoms with Crippen LogP contribution in [-0.2, 0) is 4.79 Å². The van der Waals surface area contributed by atoms with Gasteiger partial charge in [0.15, 0.2) is 0 Å². The summed E-state index contributed by atoms with van der Waals surface area (Å²) in [6, 6.07) is 5.63. The zero-order valence-electron chi connectivity index (χ0n) is 11.4. The number of aryl methyl sites for hydroxylation is 1. The molecule has 4 nitrogen and oxygen atoms in total. The Hall–Kier alpha value is -1.84. The number of ether oxygens (including phenoxy) is 1. The third-order valence-corrected chi connectivity index (χ3v) is 3.48. The van der Waals surface area contributed by atoms with Crippen LogP contribution in [0.2, 0.25) is 0 Å². The fourth-order valence-electron chi connectivity index (χ4n) is 2.35. The summed E-state index contributed by atoms with van der Waals surface area (Å²) < 4.78 is 5.21. The van der Waals surface area contributed by atoms with Crippen molar-refractivity contribution in [2.75, 3.05) is 7.11 Å². The smallest absolute Gasteiger partial charge is 0.255 e. The molecule has 1 amide bonds. The largest absolute Gasteiger partial charge is 0.496 e. The van der Waals surface area contributed by atoms with Crippen molar-refractivity contribution in [2.24, 2.45) is 0 Å². The number of carbonyl (C=O) groups is 2. The van der Waals surface area contributed by atoms with Gasteiger partial charge in [-0.3, -0.25) is 9.59 Å². The molecule has 1 aliphatic carbocycles. The molecule has 19 heavy (non-hydrogen) atoms. The molecule has 1 aromatic rings. The van der Waals surface area contributed by atoms with Crippen molar-refractivity contribution in [3.05, 3.63) is 29.3 Å². The van der Waals surface area contributed by atoms with Crippen molar-refractivity contribution >= 4 is 11.7 Å². The first-order valence-electron chi connectivity index (χ1n) is 6.57. The fraction of sp³-hybridized carbons (Fsp3) is 0.467. The monoisotopic (exact) mass is 261 g/mol. The number of rotatable bonds is 3. The van der Waals surface area contributed by atoms with E-state index in [1.807, 2.05) is 19.1 Å². The SMILES string of the molecule is COc1ccc(C)cc1C(=O)NC1CCC(=O)CC1. The highest BCUT2D eigenvalue weighted by atomic mass is 16.5. The second kappa shape index (κ2) is 5.87. The van der Waals surface area contributed by atoms with Gasteiger partial charge in [-0.05, 0) is 31.9 Å². The molecule has 4 heteroatoms. The molecule has 0 heterocycles. The Kier molecular flexibility index (Phi) is 4.20. The van der Waals surface area contributed by atoms with Crippen LogP contribution in [0.1, 0.15) is 41.6 Å². The second-order valence-electron chi connectivity index (χ2n) is 4.99. The highest BCUT2D eigenvalue weighted by Crippen LogP contribution is 2.21. The third kappa shape index (κ3) is 3.34. The predicted molar refractivity (Wildman–Crippen MR) is 72.5 cm³/mol. The molecule has 0 spiro atoms. The molecule has 0 bridgehead atoms. The number of methoxy groups -OCH3 is 1. The molecule has 0 radical (unpaired) electrons. The van der Waals surface area contributed by atoms with E-state index in [1.54, 1.807) is 13.2 Å². The first kappa shape index (κ1) is 13.6. The molecule has 1 N–H and O–H groups in total. The van der Waals surface area contributed by atoms with Gasteiger partial charge in [-0.1, -0.05) is 11.6 Å². The van der Waals surface area contributed by atoms with Crippen molar-refractivity contribution in [3.8, 4) is 5.75 Å². The number of amides is 1. The maximum Gasteiger partial charge on any atom is 0.255 e. The van der Waals surface area contributed by atoms with Gasteiger partial charge in [0.1, 0.15) is 11.5 Å². The molecule has 1 aromatic carbocycles. The maximum atomic E-state index is 12.3. The summed E-state index contributed by atoms with van der Waals surface area (Å²) in [7, 11) is 1.56. The summed E-state index contributed by atoms with van der Waals surface area (Å²) >= 11 is 0. The normalized spacial score (nSPS) is 16.2. The summed E-state index contributed by atoms with van der Waals surface area (Å²) in [5.41, 5.74) is 1.57. The summed E-state index contributed by atoms with van der Waals surface area (Å²) in [6.07, 6.45) is 2.60. The molecule has 2 rings (SSSR count). The number of hydrogen-bond acceptors (Lipinski definition) is 3. The van der Waals surface area contributed by atoms with Crippen LogP contribution in [0, 0.1) is 6.92 Å². The zero-order chi connectivity index (χ0) is 13.8. The first-order chi connectivity index (χ1) is 9.10. The van der Waals surface area contributed by atoms with E-state index in [1.165, 1.54) is 0 Å². The number of hydrogen-bond donors (Lipinski definition) is 1. The lowest BCUT2D eigenvalue weighted by Crippen LogP contribution is -2.37. The van der Waals surface area contributed by atoms with E-state index in [2.05, 4.69) is 5.32 Å². The molecule has 1 fully saturated rings. The highest BCUT2D eigenvalue weighted by molar-refractivity contribution is 5.97. The van der Waals surface area contributed by atoms with E-state index in [9.17, 15) is 9.59 Å². The number of carbonyl (C=O) groups excluding carboxylic acids is 2. The molecule has 0 aromatic heterocycles. The second-order valence-corrected chi connectivity index (χ2v) is 4.99. The lowest BCUT2D eigenvalue weighted by atomic mass is 9.94. The van der Waals surface area contributed by atoms with Crippen LogP contribution < -0.4 is 10.1 Å². The average Bonchev–Trinajstić information content (AvgIpc) is 2.41. The molecule has 0 saturated heterocycles. The topological polar surface area (TPSA) is 55.4 Å². The number of nitrogens with one attached hydrogen (secondary N) is 1. The van der Waals surface area contributed by atoms with E-state index < -0.39 is 0 Å². The molecular formula is C15H19NO3. The van der Waals surface area contributed by atoms with Gasteiger partial charge in [-0.15, -0.1) is 0 Å². The Morgan fingerprint density at radius 1 is 1.32 bits per heavy atom. The lowest BCUT2D eigenvalue weighted by molar-refractivity contribution is -0.120. The van der Waals surface area contributed by atoms with Gasteiger partial charge >= 0.3 is 0 Å². The van der Waals surface area contributed by atoms with Gasteiger partial charge in [0.2, 0.25) is 0 Å². The van der Waals surface area contributed by atoms with Gasteiger partial charge in [-0.25, -0.2) is 0 Å². The maximum absolute atomic E-state index is 12.3. The molecule has 0 aliphatic heterocycles. The summed E-state index contributed by atoms with van der Waals surface area (Å²) in [5, 5.41) is 2.99. The molecule has 102 valence electrons. The van der Waals surface area contributed by atoms with E-state index >= 15 is 0 Å². The Morgan fingerprint density at radius 3 is 2.63 bits per heavy atom. The van der Waals surface area contributed by atoms with Crippen LogP contribution in [0.3, 0.4) is 0 Å². The zero-order valence-corrected chi connectivity index (χ0v) is 11.4. The quantitative estimate of drug-likeness (QED) is 0.908. The van der Waals surface area contributed by atoms with Crippen molar-refractivity contribution in [1.29, 1.82) is 0 Å².